The normalized spacial score (nSPS) is 21.0. The van der Waals surface area contributed by atoms with Gasteiger partial charge in [-0.15, -0.1) is 0 Å². The molecule has 24 heavy (non-hydrogen) atoms. The maximum absolute atomic E-state index is 14.9. The van der Waals surface area contributed by atoms with Crippen LogP contribution >= 0.6 is 0 Å². The number of fused-ring (bicyclic) bond motifs is 1. The fourth-order valence-corrected chi connectivity index (χ4v) is 3.92. The molecule has 0 amide bonds. The van der Waals surface area contributed by atoms with Crippen molar-refractivity contribution in [3.8, 4) is 0 Å². The molecule has 1 atom stereocenters. The number of benzene rings is 1. The first kappa shape index (κ1) is 15.6. The van der Waals surface area contributed by atoms with E-state index in [1.807, 2.05) is 11.8 Å². The third-order valence-corrected chi connectivity index (χ3v) is 5.20. The monoisotopic (exact) mass is 331 g/mol. The average molecular weight is 331 g/mol. The van der Waals surface area contributed by atoms with Crippen LogP contribution in [0.1, 0.15) is 36.4 Å². The quantitative estimate of drug-likeness (QED) is 0.900. The Morgan fingerprint density at radius 2 is 2.08 bits per heavy atom. The Kier molecular flexibility index (Phi) is 3.62. The number of nitrogens with two attached hydrogens (primary N) is 1. The Morgan fingerprint density at radius 1 is 1.33 bits per heavy atom. The lowest BCUT2D eigenvalue weighted by molar-refractivity contribution is 0.198. The summed E-state index contributed by atoms with van der Waals surface area (Å²) in [5.41, 5.74) is 8.47. The van der Waals surface area contributed by atoms with Crippen LogP contribution in [-0.2, 0) is 6.54 Å². The van der Waals surface area contributed by atoms with Gasteiger partial charge in [0.25, 0.3) is 5.56 Å². The highest BCUT2D eigenvalue weighted by molar-refractivity contribution is 5.90. The highest BCUT2D eigenvalue weighted by Crippen LogP contribution is 2.40. The summed E-state index contributed by atoms with van der Waals surface area (Å²) in [5, 5.41) is 10.5. The number of β-amino-alcohol motifs (C(OH)–C–C–N with tert-alkyl or cyclic N) is 1. The number of pyridine rings is 1. The van der Waals surface area contributed by atoms with Gasteiger partial charge >= 0.3 is 0 Å². The van der Waals surface area contributed by atoms with Crippen LogP contribution in [-0.4, -0.2) is 28.9 Å². The van der Waals surface area contributed by atoms with Gasteiger partial charge in [-0.2, -0.15) is 0 Å². The minimum absolute atomic E-state index is 0.0624. The van der Waals surface area contributed by atoms with E-state index < -0.39 is 6.10 Å². The summed E-state index contributed by atoms with van der Waals surface area (Å²) in [6, 6.07) is 3.25. The van der Waals surface area contributed by atoms with Gasteiger partial charge in [-0.05, 0) is 43.4 Å². The molecular formula is C18H22FN3O2. The molecule has 1 saturated heterocycles. The van der Waals surface area contributed by atoms with Crippen LogP contribution in [0.3, 0.4) is 0 Å². The Labute approximate surface area is 139 Å². The number of aliphatic hydroxyl groups is 1. The van der Waals surface area contributed by atoms with Gasteiger partial charge < -0.3 is 20.3 Å². The van der Waals surface area contributed by atoms with Gasteiger partial charge in [-0.25, -0.2) is 4.39 Å². The number of rotatable bonds is 3. The van der Waals surface area contributed by atoms with Crippen LogP contribution in [0.4, 0.5) is 10.1 Å². The maximum atomic E-state index is 14.9. The molecule has 128 valence electrons. The van der Waals surface area contributed by atoms with E-state index >= 15 is 0 Å². The largest absolute Gasteiger partial charge is 0.391 e. The molecule has 6 heteroatoms. The van der Waals surface area contributed by atoms with Gasteiger partial charge in [0.1, 0.15) is 5.82 Å². The molecule has 1 aromatic carbocycles. The van der Waals surface area contributed by atoms with Crippen molar-refractivity contribution in [2.45, 2.75) is 44.9 Å². The molecule has 1 aliphatic carbocycles. The van der Waals surface area contributed by atoms with Gasteiger partial charge in [-0.3, -0.25) is 4.79 Å². The van der Waals surface area contributed by atoms with Gasteiger partial charge in [0.15, 0.2) is 0 Å². The first-order chi connectivity index (χ1) is 11.5. The van der Waals surface area contributed by atoms with Crippen LogP contribution in [0.15, 0.2) is 16.9 Å². The topological polar surface area (TPSA) is 71.5 Å². The Balaban J connectivity index is 2.03. The van der Waals surface area contributed by atoms with Gasteiger partial charge in [0.2, 0.25) is 0 Å². The molecule has 2 aromatic rings. The molecule has 0 radical (unpaired) electrons. The summed E-state index contributed by atoms with van der Waals surface area (Å²) in [6.45, 7) is 3.12. The number of hydrogen-bond donors (Lipinski definition) is 2. The number of aryl methyl sites for hydroxylation is 1. The number of hydrogen-bond acceptors (Lipinski definition) is 4. The summed E-state index contributed by atoms with van der Waals surface area (Å²) in [4.78, 5) is 14.5. The molecule has 2 aliphatic rings. The van der Waals surface area contributed by atoms with Crippen LogP contribution < -0.4 is 16.2 Å². The molecule has 1 saturated carbocycles. The van der Waals surface area contributed by atoms with Crippen molar-refractivity contribution in [2.24, 2.45) is 5.73 Å². The molecule has 1 unspecified atom stereocenters. The van der Waals surface area contributed by atoms with Crippen LogP contribution in [0.5, 0.6) is 0 Å². The van der Waals surface area contributed by atoms with E-state index in [4.69, 9.17) is 5.73 Å². The fourth-order valence-electron chi connectivity index (χ4n) is 3.92. The molecule has 0 spiro atoms. The van der Waals surface area contributed by atoms with Crippen molar-refractivity contribution in [3.05, 3.63) is 39.4 Å². The Bertz CT molecular complexity index is 873. The van der Waals surface area contributed by atoms with Crippen LogP contribution in [0.25, 0.3) is 10.9 Å². The summed E-state index contributed by atoms with van der Waals surface area (Å²) in [5.74, 6) is -0.315. The predicted octanol–water partition coefficient (Wildman–Crippen LogP) is 1.81. The average Bonchev–Trinajstić information content (AvgIpc) is 3.29. The zero-order valence-corrected chi connectivity index (χ0v) is 13.8. The number of aromatic nitrogens is 1. The molecule has 1 aromatic heterocycles. The number of nitrogens with zero attached hydrogens (tertiary/aromatic N) is 2. The first-order valence-corrected chi connectivity index (χ1v) is 8.51. The zero-order chi connectivity index (χ0) is 17.0. The number of anilines is 1. The third kappa shape index (κ3) is 2.32. The lowest BCUT2D eigenvalue weighted by Gasteiger charge is -2.24. The van der Waals surface area contributed by atoms with E-state index in [1.54, 1.807) is 10.6 Å². The summed E-state index contributed by atoms with van der Waals surface area (Å²) < 4.78 is 16.7. The van der Waals surface area contributed by atoms with Crippen molar-refractivity contribution in [2.75, 3.05) is 18.0 Å². The standard InChI is InChI=1S/C18H22FN3O2/c1-10-17-14(7-15(19)18(10)21-5-4-13(23)9-21)11(8-20)6-16(24)22(17)12-2-3-12/h6-7,12-13,23H,2-5,8-9,20H2,1H3. The van der Waals surface area contributed by atoms with E-state index in [0.29, 0.717) is 30.8 Å². The number of aliphatic hydroxyl groups excluding tert-OH is 1. The molecule has 0 bridgehead atoms. The minimum Gasteiger partial charge on any atom is -0.391 e. The molecule has 5 nitrogen and oxygen atoms in total. The van der Waals surface area contributed by atoms with Crippen molar-refractivity contribution < 1.29 is 9.50 Å². The van der Waals surface area contributed by atoms with E-state index in [0.717, 1.165) is 29.3 Å². The molecule has 1 aliphatic heterocycles. The molecule has 3 N–H and O–H groups in total. The molecule has 2 fully saturated rings. The summed E-state index contributed by atoms with van der Waals surface area (Å²) in [6.07, 6.45) is 2.16. The molecular weight excluding hydrogens is 309 g/mol. The summed E-state index contributed by atoms with van der Waals surface area (Å²) >= 11 is 0. The highest BCUT2D eigenvalue weighted by Gasteiger charge is 2.30. The predicted molar refractivity (Wildman–Crippen MR) is 91.9 cm³/mol. The van der Waals surface area contributed by atoms with E-state index in [-0.39, 0.29) is 24.0 Å². The lowest BCUT2D eigenvalue weighted by Crippen LogP contribution is -2.26. The summed E-state index contributed by atoms with van der Waals surface area (Å²) in [7, 11) is 0. The van der Waals surface area contributed by atoms with Gasteiger partial charge in [-0.1, -0.05) is 0 Å². The van der Waals surface area contributed by atoms with Crippen LogP contribution in [0, 0.1) is 12.7 Å². The van der Waals surface area contributed by atoms with E-state index in [2.05, 4.69) is 0 Å². The van der Waals surface area contributed by atoms with Gasteiger partial charge in [0.05, 0.1) is 17.3 Å². The zero-order valence-electron chi connectivity index (χ0n) is 13.8. The van der Waals surface area contributed by atoms with Crippen molar-refractivity contribution in [1.82, 2.24) is 4.57 Å². The van der Waals surface area contributed by atoms with Crippen LogP contribution in [0.2, 0.25) is 0 Å². The minimum atomic E-state index is -0.430. The lowest BCUT2D eigenvalue weighted by atomic mass is 10.0. The van der Waals surface area contributed by atoms with E-state index in [9.17, 15) is 14.3 Å². The SMILES string of the molecule is Cc1c(N2CCC(O)C2)c(F)cc2c(CN)cc(=O)n(C3CC3)c12. The Hall–Kier alpha value is -1.92. The maximum Gasteiger partial charge on any atom is 0.251 e. The van der Waals surface area contributed by atoms with Crippen molar-refractivity contribution >= 4 is 16.6 Å². The van der Waals surface area contributed by atoms with Gasteiger partial charge in [0, 0.05) is 37.1 Å². The smallest absolute Gasteiger partial charge is 0.251 e. The highest BCUT2D eigenvalue weighted by atomic mass is 19.1. The second-order valence-corrected chi connectivity index (χ2v) is 6.93. The molecule has 4 rings (SSSR count). The first-order valence-electron chi connectivity index (χ1n) is 8.51. The van der Waals surface area contributed by atoms with Crippen molar-refractivity contribution in [1.29, 1.82) is 0 Å². The molecule has 2 heterocycles. The fraction of sp³-hybridized carbons (Fsp3) is 0.500. The third-order valence-electron chi connectivity index (χ3n) is 5.20. The second kappa shape index (κ2) is 5.57. The van der Waals surface area contributed by atoms with Crippen molar-refractivity contribution in [3.63, 3.8) is 0 Å². The van der Waals surface area contributed by atoms with E-state index in [1.165, 1.54) is 6.07 Å². The second-order valence-electron chi connectivity index (χ2n) is 6.93. The Morgan fingerprint density at radius 3 is 2.67 bits per heavy atom. The number of halogens is 1.